The van der Waals surface area contributed by atoms with Gasteiger partial charge in [0.15, 0.2) is 0 Å². The van der Waals surface area contributed by atoms with Crippen LogP contribution in [-0.2, 0) is 25.4 Å². The number of halogens is 6. The average molecular weight is 775 g/mol. The van der Waals surface area contributed by atoms with Gasteiger partial charge in [0, 0.05) is 6.61 Å². The number of ether oxygens (including phenoxy) is 3. The van der Waals surface area contributed by atoms with Gasteiger partial charge >= 0.3 is 12.4 Å². The first-order valence-corrected chi connectivity index (χ1v) is 19.0. The first-order valence-electron chi connectivity index (χ1n) is 17.5. The molecule has 0 unspecified atom stereocenters. The third kappa shape index (κ3) is 8.74. The molecule has 54 heavy (non-hydrogen) atoms. The summed E-state index contributed by atoms with van der Waals surface area (Å²) in [6.45, 7) is 10.2. The van der Waals surface area contributed by atoms with Gasteiger partial charge < -0.3 is 14.2 Å². The lowest BCUT2D eigenvalue weighted by molar-refractivity contribution is -0.288. The fraction of sp³-hybridized carbons (Fsp3) is 0.381. The standard InChI is InChI=1S/C42H44F6O5S/c1-7-28-51-29-27-39(9-3,10-4)30-15-23-36(24-16-30)54(49,50)37-25-21-34(22-26-37)52-33-17-11-31(12-18-33)40(41(43,44)45,42(46,47)48)32-13-19-35(20-14-32)53-38(5,6)8-2/h1,11-26H,8-10,27-29H2,2-6H3. The predicted molar refractivity (Wildman–Crippen MR) is 196 cm³/mol. The molecule has 12 heteroatoms. The van der Waals surface area contributed by atoms with Crippen molar-refractivity contribution in [2.45, 2.75) is 98.9 Å². The Morgan fingerprint density at radius 2 is 1.02 bits per heavy atom. The van der Waals surface area contributed by atoms with Crippen molar-refractivity contribution in [2.24, 2.45) is 0 Å². The van der Waals surface area contributed by atoms with Crippen molar-refractivity contribution in [1.29, 1.82) is 0 Å². The fourth-order valence-corrected chi connectivity index (χ4v) is 7.68. The maximum Gasteiger partial charge on any atom is 0.411 e. The summed E-state index contributed by atoms with van der Waals surface area (Å²) in [6.07, 6.45) is -3.37. The summed E-state index contributed by atoms with van der Waals surface area (Å²) in [5.74, 6) is 2.63. The van der Waals surface area contributed by atoms with E-state index in [-0.39, 0.29) is 39.1 Å². The van der Waals surface area contributed by atoms with Gasteiger partial charge in [-0.3, -0.25) is 0 Å². The van der Waals surface area contributed by atoms with Gasteiger partial charge in [-0.25, -0.2) is 8.42 Å². The van der Waals surface area contributed by atoms with E-state index in [9.17, 15) is 34.8 Å². The van der Waals surface area contributed by atoms with Crippen LogP contribution in [0.4, 0.5) is 26.3 Å². The van der Waals surface area contributed by atoms with Crippen LogP contribution in [0.1, 0.15) is 77.0 Å². The van der Waals surface area contributed by atoms with Crippen LogP contribution in [0.5, 0.6) is 17.2 Å². The molecule has 0 aliphatic heterocycles. The molecule has 0 aromatic heterocycles. The third-order valence-corrected chi connectivity index (χ3v) is 11.9. The van der Waals surface area contributed by atoms with Crippen molar-refractivity contribution in [1.82, 2.24) is 0 Å². The highest BCUT2D eigenvalue weighted by molar-refractivity contribution is 7.91. The van der Waals surface area contributed by atoms with E-state index in [0.29, 0.717) is 19.4 Å². The molecule has 4 rings (SSSR count). The molecule has 0 radical (unpaired) electrons. The molecule has 0 N–H and O–H groups in total. The van der Waals surface area contributed by atoms with E-state index >= 15 is 0 Å². The Kier molecular flexibility index (Phi) is 12.9. The molecule has 0 heterocycles. The Morgan fingerprint density at radius 1 is 0.611 bits per heavy atom. The Labute approximate surface area is 313 Å². The van der Waals surface area contributed by atoms with Crippen LogP contribution in [0.3, 0.4) is 0 Å². The fourth-order valence-electron chi connectivity index (χ4n) is 6.42. The second-order valence-electron chi connectivity index (χ2n) is 13.6. The zero-order valence-corrected chi connectivity index (χ0v) is 31.6. The van der Waals surface area contributed by atoms with Gasteiger partial charge in [0.1, 0.15) is 29.5 Å². The molecule has 0 amide bonds. The summed E-state index contributed by atoms with van der Waals surface area (Å²) in [4.78, 5) is 0.0395. The summed E-state index contributed by atoms with van der Waals surface area (Å²) in [6, 6.07) is 19.2. The lowest BCUT2D eigenvalue weighted by Crippen LogP contribution is -2.54. The number of benzene rings is 4. The van der Waals surface area contributed by atoms with Crippen molar-refractivity contribution >= 4 is 9.84 Å². The van der Waals surface area contributed by atoms with E-state index < -0.39 is 44.3 Å². The molecule has 0 spiro atoms. The molecule has 5 nitrogen and oxygen atoms in total. The Balaban J connectivity index is 1.56. The largest absolute Gasteiger partial charge is 0.488 e. The first kappa shape index (κ1) is 42.3. The Morgan fingerprint density at radius 3 is 1.43 bits per heavy atom. The second kappa shape index (κ2) is 16.5. The molecule has 4 aromatic carbocycles. The quantitative estimate of drug-likeness (QED) is 0.0644. The van der Waals surface area contributed by atoms with Crippen molar-refractivity contribution in [3.05, 3.63) is 114 Å². The monoisotopic (exact) mass is 774 g/mol. The van der Waals surface area contributed by atoms with Crippen molar-refractivity contribution in [3.63, 3.8) is 0 Å². The van der Waals surface area contributed by atoms with Crippen LogP contribution in [0, 0.1) is 12.3 Å². The zero-order chi connectivity index (χ0) is 40.0. The van der Waals surface area contributed by atoms with E-state index in [2.05, 4.69) is 19.8 Å². The number of hydrogen-bond acceptors (Lipinski definition) is 5. The summed E-state index contributed by atoms with van der Waals surface area (Å²) in [5.41, 5.74) is -6.35. The maximum atomic E-state index is 14.7. The van der Waals surface area contributed by atoms with E-state index in [1.54, 1.807) is 38.1 Å². The van der Waals surface area contributed by atoms with Gasteiger partial charge in [0.05, 0.1) is 9.79 Å². The molecule has 0 fully saturated rings. The van der Waals surface area contributed by atoms with Crippen molar-refractivity contribution < 1.29 is 49.0 Å². The first-order chi connectivity index (χ1) is 25.3. The second-order valence-corrected chi connectivity index (χ2v) is 15.6. The lowest BCUT2D eigenvalue weighted by atomic mass is 9.73. The minimum atomic E-state index is -5.77. The molecule has 290 valence electrons. The molecule has 4 aromatic rings. The molecular weight excluding hydrogens is 731 g/mol. The summed E-state index contributed by atoms with van der Waals surface area (Å²) < 4.78 is 132. The van der Waals surface area contributed by atoms with E-state index in [4.69, 9.17) is 20.6 Å². The van der Waals surface area contributed by atoms with Gasteiger partial charge in [-0.1, -0.05) is 63.1 Å². The molecule has 0 saturated carbocycles. The molecule has 0 saturated heterocycles. The van der Waals surface area contributed by atoms with Gasteiger partial charge in [-0.15, -0.1) is 6.42 Å². The van der Waals surface area contributed by atoms with Crippen LogP contribution in [0.25, 0.3) is 0 Å². The number of hydrogen-bond donors (Lipinski definition) is 0. The average Bonchev–Trinajstić information content (AvgIpc) is 3.13. The van der Waals surface area contributed by atoms with Gasteiger partial charge in [0.2, 0.25) is 15.3 Å². The van der Waals surface area contributed by atoms with E-state index in [1.807, 2.05) is 6.92 Å². The van der Waals surface area contributed by atoms with Gasteiger partial charge in [-0.2, -0.15) is 26.3 Å². The highest BCUT2D eigenvalue weighted by Gasteiger charge is 2.72. The molecule has 0 bridgehead atoms. The number of alkyl halides is 6. The molecule has 0 aliphatic carbocycles. The minimum Gasteiger partial charge on any atom is -0.488 e. The highest BCUT2D eigenvalue weighted by atomic mass is 32.2. The van der Waals surface area contributed by atoms with Gasteiger partial charge in [0.25, 0.3) is 0 Å². The van der Waals surface area contributed by atoms with Crippen LogP contribution >= 0.6 is 0 Å². The zero-order valence-electron chi connectivity index (χ0n) is 30.8. The number of terminal acetylenes is 1. The van der Waals surface area contributed by atoms with Crippen LogP contribution in [0.2, 0.25) is 0 Å². The minimum absolute atomic E-state index is 0.0345. The third-order valence-electron chi connectivity index (χ3n) is 10.1. The Hall–Kier alpha value is -4.47. The highest BCUT2D eigenvalue weighted by Crippen LogP contribution is 2.56. The smallest absolute Gasteiger partial charge is 0.411 e. The molecule has 0 aliphatic rings. The lowest BCUT2D eigenvalue weighted by Gasteiger charge is -2.38. The van der Waals surface area contributed by atoms with Crippen LogP contribution in [-0.4, -0.2) is 39.6 Å². The normalized spacial score (nSPS) is 13.0. The molecule has 0 atom stereocenters. The van der Waals surface area contributed by atoms with E-state index in [0.717, 1.165) is 66.9 Å². The topological polar surface area (TPSA) is 61.8 Å². The van der Waals surface area contributed by atoms with Crippen LogP contribution in [0.15, 0.2) is 107 Å². The summed E-state index contributed by atoms with van der Waals surface area (Å²) in [7, 11) is -3.94. The number of rotatable bonds is 16. The Bertz CT molecular complexity index is 1960. The molecular formula is C42H44F6O5S. The summed E-state index contributed by atoms with van der Waals surface area (Å²) >= 11 is 0. The van der Waals surface area contributed by atoms with Crippen LogP contribution < -0.4 is 9.47 Å². The predicted octanol–water partition coefficient (Wildman–Crippen LogP) is 11.4. The van der Waals surface area contributed by atoms with Gasteiger partial charge in [-0.05, 0) is 122 Å². The SMILES string of the molecule is C#CCOCCC(CC)(CC)c1ccc(S(=O)(=O)c2ccc(Oc3ccc(C(c4ccc(OC(C)(C)CC)cc4)(C(F)(F)F)C(F)(F)F)cc3)cc2)cc1. The van der Waals surface area contributed by atoms with Crippen molar-refractivity contribution in [2.75, 3.05) is 13.2 Å². The number of sulfone groups is 1. The maximum absolute atomic E-state index is 14.7. The van der Waals surface area contributed by atoms with Crippen molar-refractivity contribution in [3.8, 4) is 29.6 Å². The van der Waals surface area contributed by atoms with E-state index in [1.165, 1.54) is 24.3 Å². The summed E-state index contributed by atoms with van der Waals surface area (Å²) in [5, 5.41) is 0.